The van der Waals surface area contributed by atoms with Gasteiger partial charge in [0.25, 0.3) is 0 Å². The fourth-order valence-corrected chi connectivity index (χ4v) is 1.75. The van der Waals surface area contributed by atoms with Crippen LogP contribution in [0.2, 0.25) is 0 Å². The van der Waals surface area contributed by atoms with Gasteiger partial charge in [-0.1, -0.05) is 30.3 Å². The second kappa shape index (κ2) is 6.79. The zero-order valence-electron chi connectivity index (χ0n) is 10.9. The number of carbonyl (C=O) groups is 1. The lowest BCUT2D eigenvalue weighted by molar-refractivity contribution is 0.111. The van der Waals surface area contributed by atoms with Crippen LogP contribution in [-0.2, 0) is 6.61 Å². The highest BCUT2D eigenvalue weighted by molar-refractivity contribution is 5.72. The van der Waals surface area contributed by atoms with Gasteiger partial charge in [-0.05, 0) is 17.7 Å². The minimum atomic E-state index is -0.680. The third-order valence-electron chi connectivity index (χ3n) is 2.81. The SMILES string of the molecule is NC(CO)c1nc(C=O)ccc1OCc1ccccc1. The number of carbonyl (C=O) groups excluding carboxylic acids is 1. The van der Waals surface area contributed by atoms with Crippen LogP contribution in [0.25, 0.3) is 0 Å². The molecule has 0 amide bonds. The summed E-state index contributed by atoms with van der Waals surface area (Å²) in [5.41, 5.74) is 7.43. The second-order valence-electron chi connectivity index (χ2n) is 4.30. The molecule has 1 aromatic heterocycles. The Morgan fingerprint density at radius 1 is 1.25 bits per heavy atom. The summed E-state index contributed by atoms with van der Waals surface area (Å²) in [4.78, 5) is 14.8. The Morgan fingerprint density at radius 3 is 2.65 bits per heavy atom. The van der Waals surface area contributed by atoms with Crippen LogP contribution >= 0.6 is 0 Å². The van der Waals surface area contributed by atoms with Crippen molar-refractivity contribution in [2.24, 2.45) is 5.73 Å². The van der Waals surface area contributed by atoms with E-state index in [9.17, 15) is 4.79 Å². The van der Waals surface area contributed by atoms with E-state index in [2.05, 4.69) is 4.98 Å². The Hall–Kier alpha value is -2.24. The van der Waals surface area contributed by atoms with E-state index in [1.54, 1.807) is 12.1 Å². The van der Waals surface area contributed by atoms with E-state index in [4.69, 9.17) is 15.6 Å². The van der Waals surface area contributed by atoms with Crippen LogP contribution in [0.4, 0.5) is 0 Å². The zero-order valence-corrected chi connectivity index (χ0v) is 10.9. The van der Waals surface area contributed by atoms with Gasteiger partial charge in [-0.25, -0.2) is 4.98 Å². The predicted molar refractivity (Wildman–Crippen MR) is 74.4 cm³/mol. The zero-order chi connectivity index (χ0) is 14.4. The van der Waals surface area contributed by atoms with Crippen LogP contribution in [0.1, 0.15) is 27.8 Å². The normalized spacial score (nSPS) is 11.9. The van der Waals surface area contributed by atoms with E-state index in [1.807, 2.05) is 30.3 Å². The molecule has 0 aliphatic rings. The van der Waals surface area contributed by atoms with Crippen LogP contribution in [0, 0.1) is 0 Å². The van der Waals surface area contributed by atoms with Crippen LogP contribution in [0.15, 0.2) is 42.5 Å². The number of aromatic nitrogens is 1. The maximum Gasteiger partial charge on any atom is 0.168 e. The van der Waals surface area contributed by atoms with E-state index in [1.165, 1.54) is 0 Å². The number of rotatable bonds is 6. The number of benzene rings is 1. The van der Waals surface area contributed by atoms with Crippen LogP contribution in [-0.4, -0.2) is 23.0 Å². The molecule has 0 bridgehead atoms. The lowest BCUT2D eigenvalue weighted by atomic mass is 10.1. The molecule has 3 N–H and O–H groups in total. The van der Waals surface area contributed by atoms with Gasteiger partial charge >= 0.3 is 0 Å². The molecule has 2 aromatic rings. The highest BCUT2D eigenvalue weighted by Crippen LogP contribution is 2.23. The third-order valence-corrected chi connectivity index (χ3v) is 2.81. The smallest absolute Gasteiger partial charge is 0.168 e. The highest BCUT2D eigenvalue weighted by Gasteiger charge is 2.14. The summed E-state index contributed by atoms with van der Waals surface area (Å²) in [5, 5.41) is 9.15. The molecule has 0 spiro atoms. The van der Waals surface area contributed by atoms with Crippen molar-refractivity contribution >= 4 is 6.29 Å². The Bertz CT molecular complexity index is 573. The molecular weight excluding hydrogens is 256 g/mol. The standard InChI is InChI=1S/C15H16N2O3/c16-13(9-19)15-14(7-6-12(8-18)17-15)20-10-11-4-2-1-3-5-11/h1-8,13,19H,9-10,16H2. The van der Waals surface area contributed by atoms with Crippen molar-refractivity contribution in [3.05, 3.63) is 59.4 Å². The van der Waals surface area contributed by atoms with Gasteiger partial charge in [0.05, 0.1) is 12.6 Å². The van der Waals surface area contributed by atoms with Crippen molar-refractivity contribution in [3.63, 3.8) is 0 Å². The monoisotopic (exact) mass is 272 g/mol. The molecule has 0 fully saturated rings. The molecule has 0 saturated carbocycles. The van der Waals surface area contributed by atoms with E-state index in [-0.39, 0.29) is 12.3 Å². The van der Waals surface area contributed by atoms with Gasteiger partial charge in [0.2, 0.25) is 0 Å². The quantitative estimate of drug-likeness (QED) is 0.778. The van der Waals surface area contributed by atoms with E-state index < -0.39 is 6.04 Å². The highest BCUT2D eigenvalue weighted by atomic mass is 16.5. The first kappa shape index (κ1) is 14.2. The summed E-state index contributed by atoms with van der Waals surface area (Å²) in [6, 6.07) is 12.2. The number of aliphatic hydroxyl groups is 1. The van der Waals surface area contributed by atoms with Crippen LogP contribution in [0.5, 0.6) is 5.75 Å². The van der Waals surface area contributed by atoms with Crippen molar-refractivity contribution < 1.29 is 14.6 Å². The fourth-order valence-electron chi connectivity index (χ4n) is 1.75. The number of nitrogens with two attached hydrogens (primary N) is 1. The molecule has 104 valence electrons. The predicted octanol–water partition coefficient (Wildman–Crippen LogP) is 1.47. The molecular formula is C15H16N2O3. The molecule has 1 unspecified atom stereocenters. The maximum atomic E-state index is 10.8. The molecule has 0 aliphatic heterocycles. The summed E-state index contributed by atoms with van der Waals surface area (Å²) in [5.74, 6) is 0.473. The minimum Gasteiger partial charge on any atom is -0.487 e. The Labute approximate surface area is 117 Å². The topological polar surface area (TPSA) is 85.4 Å². The third kappa shape index (κ3) is 3.40. The van der Waals surface area contributed by atoms with Crippen molar-refractivity contribution in [3.8, 4) is 5.75 Å². The molecule has 2 rings (SSSR count). The first-order valence-corrected chi connectivity index (χ1v) is 6.24. The number of hydrogen-bond donors (Lipinski definition) is 2. The number of aliphatic hydroxyl groups excluding tert-OH is 1. The molecule has 5 heteroatoms. The Kier molecular flexibility index (Phi) is 4.81. The average molecular weight is 272 g/mol. The van der Waals surface area contributed by atoms with Gasteiger partial charge in [-0.3, -0.25) is 4.79 Å². The van der Waals surface area contributed by atoms with Gasteiger partial charge in [-0.2, -0.15) is 0 Å². The van der Waals surface area contributed by atoms with Crippen LogP contribution < -0.4 is 10.5 Å². The first-order chi connectivity index (χ1) is 9.74. The van der Waals surface area contributed by atoms with Crippen molar-refractivity contribution in [2.75, 3.05) is 6.61 Å². The molecule has 20 heavy (non-hydrogen) atoms. The summed E-state index contributed by atoms with van der Waals surface area (Å²) < 4.78 is 5.68. The van der Waals surface area contributed by atoms with Gasteiger partial charge in [0.15, 0.2) is 6.29 Å². The number of ether oxygens (including phenoxy) is 1. The average Bonchev–Trinajstić information content (AvgIpc) is 2.53. The van der Waals surface area contributed by atoms with E-state index >= 15 is 0 Å². The molecule has 1 aromatic carbocycles. The first-order valence-electron chi connectivity index (χ1n) is 6.24. The summed E-state index contributed by atoms with van der Waals surface area (Å²) >= 11 is 0. The van der Waals surface area contributed by atoms with Gasteiger partial charge in [0, 0.05) is 0 Å². The molecule has 1 heterocycles. The summed E-state index contributed by atoms with van der Waals surface area (Å²) in [7, 11) is 0. The van der Waals surface area contributed by atoms with Gasteiger partial charge in [0.1, 0.15) is 23.7 Å². The van der Waals surface area contributed by atoms with Crippen molar-refractivity contribution in [2.45, 2.75) is 12.6 Å². The maximum absolute atomic E-state index is 10.8. The molecule has 0 aliphatic carbocycles. The largest absolute Gasteiger partial charge is 0.487 e. The molecule has 1 atom stereocenters. The molecule has 0 radical (unpaired) electrons. The van der Waals surface area contributed by atoms with E-state index in [0.29, 0.717) is 24.3 Å². The number of pyridine rings is 1. The molecule has 5 nitrogen and oxygen atoms in total. The lowest BCUT2D eigenvalue weighted by Crippen LogP contribution is -2.18. The number of hydrogen-bond acceptors (Lipinski definition) is 5. The Balaban J connectivity index is 2.20. The molecule has 0 saturated heterocycles. The van der Waals surface area contributed by atoms with Gasteiger partial charge < -0.3 is 15.6 Å². The summed E-state index contributed by atoms with van der Waals surface area (Å²) in [6.07, 6.45) is 0.634. The number of nitrogens with zero attached hydrogens (tertiary/aromatic N) is 1. The minimum absolute atomic E-state index is 0.260. The van der Waals surface area contributed by atoms with E-state index in [0.717, 1.165) is 5.56 Å². The fraction of sp³-hybridized carbons (Fsp3) is 0.200. The Morgan fingerprint density at radius 2 is 2.00 bits per heavy atom. The van der Waals surface area contributed by atoms with Crippen LogP contribution in [0.3, 0.4) is 0 Å². The summed E-state index contributed by atoms with van der Waals surface area (Å²) in [6.45, 7) is 0.102. The number of aldehydes is 1. The lowest BCUT2D eigenvalue weighted by Gasteiger charge is -2.14. The van der Waals surface area contributed by atoms with Gasteiger partial charge in [-0.15, -0.1) is 0 Å². The van der Waals surface area contributed by atoms with Crippen molar-refractivity contribution in [1.82, 2.24) is 4.98 Å². The second-order valence-corrected chi connectivity index (χ2v) is 4.30. The van der Waals surface area contributed by atoms with Crippen molar-refractivity contribution in [1.29, 1.82) is 0 Å².